The van der Waals surface area contributed by atoms with Crippen LogP contribution in [0.5, 0.6) is 5.75 Å². The maximum atomic E-state index is 12.0. The predicted octanol–water partition coefficient (Wildman–Crippen LogP) is 1.09. The van der Waals surface area contributed by atoms with E-state index in [1.54, 1.807) is 38.1 Å². The first-order valence-electron chi connectivity index (χ1n) is 8.96. The zero-order chi connectivity index (χ0) is 20.2. The first-order chi connectivity index (χ1) is 12.8. The van der Waals surface area contributed by atoms with Crippen LogP contribution in [0.25, 0.3) is 0 Å². The number of amides is 3. The third-order valence-electron chi connectivity index (χ3n) is 3.58. The molecule has 0 fully saturated rings. The molecule has 1 aromatic rings. The van der Waals surface area contributed by atoms with Crippen molar-refractivity contribution in [1.29, 1.82) is 0 Å². The van der Waals surface area contributed by atoms with Crippen LogP contribution in [0.3, 0.4) is 0 Å². The lowest BCUT2D eigenvalue weighted by molar-refractivity contribution is -0.123. The Bertz CT molecular complexity index is 600. The van der Waals surface area contributed by atoms with Crippen molar-refractivity contribution in [3.8, 4) is 5.75 Å². The van der Waals surface area contributed by atoms with E-state index < -0.39 is 18.3 Å². The van der Waals surface area contributed by atoms with Gasteiger partial charge >= 0.3 is 6.03 Å². The number of nitrogens with one attached hydrogen (secondary N) is 4. The number of aliphatic hydroxyl groups excluding tert-OH is 1. The number of halogens is 1. The van der Waals surface area contributed by atoms with Gasteiger partial charge in [0.2, 0.25) is 5.91 Å². The molecule has 0 saturated carbocycles. The monoisotopic (exact) mass is 400 g/mol. The van der Waals surface area contributed by atoms with Crippen molar-refractivity contribution in [3.05, 3.63) is 29.3 Å². The Hall–Kier alpha value is -2.03. The standard InChI is InChI=1S/C18H29ClN4O4/c1-4-20-16(14(24)11-27-15-8-6-5-7-13(15)19)23-18(26)22-10-9-21-17(25)12(2)3/h5-8,12,14,16,20,24H,4,9-11H2,1-3H3,(H,21,25)(H2,22,23,26). The zero-order valence-electron chi connectivity index (χ0n) is 15.9. The Labute approximate surface area is 165 Å². The normalized spacial score (nSPS) is 13.0. The average Bonchev–Trinajstić information content (AvgIpc) is 2.63. The molecule has 0 aliphatic heterocycles. The molecule has 0 aliphatic rings. The van der Waals surface area contributed by atoms with Gasteiger partial charge in [-0.1, -0.05) is 44.5 Å². The molecule has 8 nitrogen and oxygen atoms in total. The summed E-state index contributed by atoms with van der Waals surface area (Å²) in [6.07, 6.45) is -1.70. The number of para-hydroxylation sites is 1. The van der Waals surface area contributed by atoms with Crippen LogP contribution in [-0.4, -0.2) is 55.6 Å². The van der Waals surface area contributed by atoms with Crippen molar-refractivity contribution in [1.82, 2.24) is 21.3 Å². The second kappa shape index (κ2) is 12.4. The number of ether oxygens (including phenoxy) is 1. The van der Waals surface area contributed by atoms with E-state index in [0.717, 1.165) is 0 Å². The number of urea groups is 1. The van der Waals surface area contributed by atoms with Gasteiger partial charge in [0.1, 0.15) is 24.6 Å². The molecule has 5 N–H and O–H groups in total. The molecule has 0 radical (unpaired) electrons. The molecule has 0 bridgehead atoms. The van der Waals surface area contributed by atoms with E-state index >= 15 is 0 Å². The second-order valence-corrected chi connectivity index (χ2v) is 6.60. The summed E-state index contributed by atoms with van der Waals surface area (Å²) < 4.78 is 5.51. The molecule has 2 unspecified atom stereocenters. The van der Waals surface area contributed by atoms with Crippen LogP contribution in [0.15, 0.2) is 24.3 Å². The molecule has 0 heterocycles. The van der Waals surface area contributed by atoms with Crippen LogP contribution >= 0.6 is 11.6 Å². The lowest BCUT2D eigenvalue weighted by Crippen LogP contribution is -2.57. The van der Waals surface area contributed by atoms with E-state index in [9.17, 15) is 14.7 Å². The quantitative estimate of drug-likeness (QED) is 0.282. The molecule has 0 saturated heterocycles. The number of carbonyl (C=O) groups is 2. The Morgan fingerprint density at radius 3 is 2.48 bits per heavy atom. The van der Waals surface area contributed by atoms with Crippen LogP contribution in [0.4, 0.5) is 4.79 Å². The summed E-state index contributed by atoms with van der Waals surface area (Å²) in [4.78, 5) is 23.4. The number of hydrogen-bond acceptors (Lipinski definition) is 5. The number of rotatable bonds is 11. The highest BCUT2D eigenvalue weighted by atomic mass is 35.5. The maximum Gasteiger partial charge on any atom is 0.316 e. The van der Waals surface area contributed by atoms with Gasteiger partial charge in [-0.15, -0.1) is 0 Å². The van der Waals surface area contributed by atoms with Crippen LogP contribution in [0.2, 0.25) is 5.02 Å². The highest BCUT2D eigenvalue weighted by Crippen LogP contribution is 2.23. The number of aliphatic hydroxyl groups is 1. The van der Waals surface area contributed by atoms with E-state index in [-0.39, 0.29) is 25.0 Å². The van der Waals surface area contributed by atoms with E-state index in [1.807, 2.05) is 6.92 Å². The van der Waals surface area contributed by atoms with Gasteiger partial charge in [-0.2, -0.15) is 0 Å². The second-order valence-electron chi connectivity index (χ2n) is 6.19. The Kier molecular flexibility index (Phi) is 10.5. The third-order valence-corrected chi connectivity index (χ3v) is 3.89. The molecular formula is C18H29ClN4O4. The van der Waals surface area contributed by atoms with Gasteiger partial charge < -0.3 is 25.8 Å². The Balaban J connectivity index is 2.41. The van der Waals surface area contributed by atoms with Crippen LogP contribution in [0.1, 0.15) is 20.8 Å². The molecule has 27 heavy (non-hydrogen) atoms. The van der Waals surface area contributed by atoms with Gasteiger partial charge in [-0.25, -0.2) is 4.79 Å². The number of hydrogen-bond donors (Lipinski definition) is 5. The zero-order valence-corrected chi connectivity index (χ0v) is 16.7. The van der Waals surface area contributed by atoms with E-state index in [0.29, 0.717) is 23.9 Å². The summed E-state index contributed by atoms with van der Waals surface area (Å²) >= 11 is 6.01. The molecule has 3 amide bonds. The van der Waals surface area contributed by atoms with Gasteiger partial charge in [-0.05, 0) is 18.7 Å². The maximum absolute atomic E-state index is 12.0. The lowest BCUT2D eigenvalue weighted by atomic mass is 10.2. The fourth-order valence-corrected chi connectivity index (χ4v) is 2.28. The van der Waals surface area contributed by atoms with Crippen molar-refractivity contribution in [2.75, 3.05) is 26.2 Å². The van der Waals surface area contributed by atoms with Gasteiger partial charge in [0, 0.05) is 19.0 Å². The molecule has 0 spiro atoms. The smallest absolute Gasteiger partial charge is 0.316 e. The molecule has 9 heteroatoms. The third kappa shape index (κ3) is 8.94. The minimum absolute atomic E-state index is 0.0495. The average molecular weight is 401 g/mol. The molecule has 1 aromatic carbocycles. The van der Waals surface area contributed by atoms with Crippen molar-refractivity contribution < 1.29 is 19.4 Å². The molecule has 0 aromatic heterocycles. The van der Waals surface area contributed by atoms with E-state index in [2.05, 4.69) is 21.3 Å². The minimum atomic E-state index is -0.993. The largest absolute Gasteiger partial charge is 0.489 e. The fraction of sp³-hybridized carbons (Fsp3) is 0.556. The number of likely N-dealkylation sites (N-methyl/N-ethyl adjacent to an activating group) is 1. The fourth-order valence-electron chi connectivity index (χ4n) is 2.09. The summed E-state index contributed by atoms with van der Waals surface area (Å²) in [5, 5.41) is 21.7. The number of carbonyl (C=O) groups excluding carboxylic acids is 2. The highest BCUT2D eigenvalue weighted by molar-refractivity contribution is 6.32. The summed E-state index contributed by atoms with van der Waals surface area (Å²) in [5.74, 6) is 0.277. The van der Waals surface area contributed by atoms with Gasteiger partial charge in [0.05, 0.1) is 5.02 Å². The SMILES string of the molecule is CCNC(NC(=O)NCCNC(=O)C(C)C)C(O)COc1ccccc1Cl. The highest BCUT2D eigenvalue weighted by Gasteiger charge is 2.21. The predicted molar refractivity (Wildman–Crippen MR) is 105 cm³/mol. The molecule has 1 rings (SSSR count). The van der Waals surface area contributed by atoms with Crippen LogP contribution in [0, 0.1) is 5.92 Å². The van der Waals surface area contributed by atoms with Crippen LogP contribution < -0.4 is 26.0 Å². The van der Waals surface area contributed by atoms with Crippen molar-refractivity contribution in [2.24, 2.45) is 5.92 Å². The Morgan fingerprint density at radius 2 is 1.85 bits per heavy atom. The van der Waals surface area contributed by atoms with E-state index in [4.69, 9.17) is 16.3 Å². The minimum Gasteiger partial charge on any atom is -0.489 e. The first-order valence-corrected chi connectivity index (χ1v) is 9.33. The summed E-state index contributed by atoms with van der Waals surface area (Å²) in [7, 11) is 0. The molecule has 2 atom stereocenters. The van der Waals surface area contributed by atoms with Crippen LogP contribution in [-0.2, 0) is 4.79 Å². The van der Waals surface area contributed by atoms with E-state index in [1.165, 1.54) is 0 Å². The molecule has 0 aliphatic carbocycles. The summed E-state index contributed by atoms with van der Waals surface area (Å²) in [5.41, 5.74) is 0. The summed E-state index contributed by atoms with van der Waals surface area (Å²) in [6, 6.07) is 6.48. The lowest BCUT2D eigenvalue weighted by Gasteiger charge is -2.25. The van der Waals surface area contributed by atoms with Gasteiger partial charge in [-0.3, -0.25) is 10.1 Å². The Morgan fingerprint density at radius 1 is 1.19 bits per heavy atom. The van der Waals surface area contributed by atoms with Gasteiger partial charge in [0.25, 0.3) is 0 Å². The topological polar surface area (TPSA) is 112 Å². The summed E-state index contributed by atoms with van der Waals surface area (Å²) in [6.45, 7) is 6.54. The molecular weight excluding hydrogens is 372 g/mol. The van der Waals surface area contributed by atoms with Gasteiger partial charge in [0.15, 0.2) is 0 Å². The first kappa shape index (κ1) is 23.0. The van der Waals surface area contributed by atoms with Crippen molar-refractivity contribution in [2.45, 2.75) is 33.0 Å². The molecule has 152 valence electrons. The van der Waals surface area contributed by atoms with Crippen molar-refractivity contribution in [3.63, 3.8) is 0 Å². The van der Waals surface area contributed by atoms with Crippen molar-refractivity contribution >= 4 is 23.5 Å². The number of benzene rings is 1.